The number of carbonyl (C=O) groups excluding carboxylic acids is 3. The van der Waals surface area contributed by atoms with Crippen molar-refractivity contribution in [2.24, 2.45) is 0 Å². The standard InChI is InChI=1S/C21H17F3N2O3/c22-21(23,24)13-4-3-5-14(12-13)25-8-10-26(11-9-25)17-18(27)15-6-1-2-7-16(15)19(28)20(17)29/h1-7,12,17H,8-11H2. The van der Waals surface area contributed by atoms with E-state index in [1.165, 1.54) is 18.2 Å². The van der Waals surface area contributed by atoms with Crippen molar-refractivity contribution in [3.8, 4) is 0 Å². The van der Waals surface area contributed by atoms with Crippen LogP contribution >= 0.6 is 0 Å². The highest BCUT2D eigenvalue weighted by molar-refractivity contribution is 6.53. The highest BCUT2D eigenvalue weighted by Crippen LogP contribution is 2.32. The summed E-state index contributed by atoms with van der Waals surface area (Å²) in [5.74, 6) is -1.83. The van der Waals surface area contributed by atoms with Crippen molar-refractivity contribution in [3.05, 3.63) is 65.2 Å². The number of halogens is 3. The number of carbonyl (C=O) groups is 3. The highest BCUT2D eigenvalue weighted by Gasteiger charge is 2.44. The average molecular weight is 402 g/mol. The second-order valence-corrected chi connectivity index (χ2v) is 7.08. The number of alkyl halides is 3. The van der Waals surface area contributed by atoms with Crippen molar-refractivity contribution < 1.29 is 27.6 Å². The Bertz CT molecular complexity index is 995. The summed E-state index contributed by atoms with van der Waals surface area (Å²) in [7, 11) is 0. The first-order valence-corrected chi connectivity index (χ1v) is 9.15. The molecule has 0 aromatic heterocycles. The van der Waals surface area contributed by atoms with Gasteiger partial charge in [-0.1, -0.05) is 30.3 Å². The number of piperazine rings is 1. The van der Waals surface area contributed by atoms with E-state index in [9.17, 15) is 27.6 Å². The topological polar surface area (TPSA) is 57.7 Å². The first-order valence-electron chi connectivity index (χ1n) is 9.15. The van der Waals surface area contributed by atoms with Gasteiger partial charge >= 0.3 is 6.18 Å². The molecule has 1 atom stereocenters. The summed E-state index contributed by atoms with van der Waals surface area (Å²) in [6, 6.07) is 10.1. The van der Waals surface area contributed by atoms with Gasteiger partial charge in [0.15, 0.2) is 5.78 Å². The minimum absolute atomic E-state index is 0.126. The summed E-state index contributed by atoms with van der Waals surface area (Å²) in [6.07, 6.45) is -4.42. The van der Waals surface area contributed by atoms with Gasteiger partial charge in [-0.05, 0) is 18.2 Å². The predicted molar refractivity (Wildman–Crippen MR) is 99.1 cm³/mol. The molecule has 29 heavy (non-hydrogen) atoms. The minimum atomic E-state index is -4.42. The van der Waals surface area contributed by atoms with E-state index in [2.05, 4.69) is 0 Å². The van der Waals surface area contributed by atoms with E-state index in [0.717, 1.165) is 12.1 Å². The Morgan fingerprint density at radius 3 is 2.10 bits per heavy atom. The maximum atomic E-state index is 13.0. The molecule has 0 spiro atoms. The molecule has 1 aliphatic carbocycles. The van der Waals surface area contributed by atoms with Gasteiger partial charge in [0, 0.05) is 43.0 Å². The van der Waals surface area contributed by atoms with Crippen LogP contribution in [0.3, 0.4) is 0 Å². The van der Waals surface area contributed by atoms with Gasteiger partial charge in [-0.3, -0.25) is 19.3 Å². The summed E-state index contributed by atoms with van der Waals surface area (Å²) >= 11 is 0. The first kappa shape index (κ1) is 19.3. The van der Waals surface area contributed by atoms with Crippen LogP contribution < -0.4 is 4.90 Å². The number of fused-ring (bicyclic) bond motifs is 1. The van der Waals surface area contributed by atoms with Crippen LogP contribution in [-0.4, -0.2) is 54.5 Å². The molecule has 2 aliphatic rings. The number of benzene rings is 2. The molecule has 1 unspecified atom stereocenters. The molecule has 2 aromatic carbocycles. The van der Waals surface area contributed by atoms with Gasteiger partial charge in [0.25, 0.3) is 0 Å². The Kier molecular flexibility index (Phi) is 4.74. The van der Waals surface area contributed by atoms with Crippen LogP contribution in [0.4, 0.5) is 18.9 Å². The van der Waals surface area contributed by atoms with Crippen LogP contribution in [0.2, 0.25) is 0 Å². The normalized spacial score (nSPS) is 20.7. The number of anilines is 1. The highest BCUT2D eigenvalue weighted by atomic mass is 19.4. The number of rotatable bonds is 2. The fraction of sp³-hybridized carbons (Fsp3) is 0.286. The van der Waals surface area contributed by atoms with E-state index in [4.69, 9.17) is 0 Å². The fourth-order valence-electron chi connectivity index (χ4n) is 3.87. The molecular weight excluding hydrogens is 385 g/mol. The third-order valence-electron chi connectivity index (χ3n) is 5.38. The van der Waals surface area contributed by atoms with Crippen LogP contribution in [0.15, 0.2) is 48.5 Å². The number of Topliss-reactive ketones (excluding diaryl/α,β-unsaturated/α-hetero) is 3. The zero-order valence-electron chi connectivity index (χ0n) is 15.3. The summed E-state index contributed by atoms with van der Waals surface area (Å²) in [5.41, 5.74) is 0.0724. The van der Waals surface area contributed by atoms with E-state index in [1.54, 1.807) is 28.0 Å². The average Bonchev–Trinajstić information content (AvgIpc) is 2.72. The lowest BCUT2D eigenvalue weighted by Crippen LogP contribution is -2.58. The van der Waals surface area contributed by atoms with Crippen LogP contribution in [0.25, 0.3) is 0 Å². The van der Waals surface area contributed by atoms with Crippen molar-refractivity contribution in [2.75, 3.05) is 31.1 Å². The van der Waals surface area contributed by atoms with E-state index in [-0.39, 0.29) is 24.2 Å². The number of hydrogen-bond acceptors (Lipinski definition) is 5. The maximum Gasteiger partial charge on any atom is 0.416 e. The largest absolute Gasteiger partial charge is 0.416 e. The molecule has 0 bridgehead atoms. The molecule has 0 amide bonds. The minimum Gasteiger partial charge on any atom is -0.369 e. The Morgan fingerprint density at radius 1 is 0.793 bits per heavy atom. The molecule has 0 N–H and O–H groups in total. The molecule has 150 valence electrons. The molecule has 0 saturated carbocycles. The fourth-order valence-corrected chi connectivity index (χ4v) is 3.87. The van der Waals surface area contributed by atoms with Gasteiger partial charge in [0.1, 0.15) is 6.04 Å². The van der Waals surface area contributed by atoms with E-state index < -0.39 is 35.1 Å². The van der Waals surface area contributed by atoms with E-state index >= 15 is 0 Å². The number of ketones is 3. The number of nitrogens with zero attached hydrogens (tertiary/aromatic N) is 2. The molecule has 1 fully saturated rings. The van der Waals surface area contributed by atoms with Crippen LogP contribution in [0.1, 0.15) is 26.3 Å². The van der Waals surface area contributed by atoms with Crippen molar-refractivity contribution in [1.29, 1.82) is 0 Å². The molecule has 1 aliphatic heterocycles. The molecule has 5 nitrogen and oxygen atoms in total. The molecule has 4 rings (SSSR count). The van der Waals surface area contributed by atoms with Crippen LogP contribution in [-0.2, 0) is 11.0 Å². The van der Waals surface area contributed by atoms with Crippen molar-refractivity contribution in [1.82, 2.24) is 4.90 Å². The van der Waals surface area contributed by atoms with Crippen LogP contribution in [0, 0.1) is 0 Å². The lowest BCUT2D eigenvalue weighted by molar-refractivity contribution is -0.137. The first-order chi connectivity index (χ1) is 13.8. The Hall–Kier alpha value is -3.00. The van der Waals surface area contributed by atoms with E-state index in [1.807, 2.05) is 0 Å². The molecule has 1 heterocycles. The third kappa shape index (κ3) is 3.44. The van der Waals surface area contributed by atoms with Gasteiger partial charge in [0.05, 0.1) is 5.56 Å². The molecular formula is C21H17F3N2O3. The van der Waals surface area contributed by atoms with Crippen LogP contribution in [0.5, 0.6) is 0 Å². The zero-order chi connectivity index (χ0) is 20.8. The quantitative estimate of drug-likeness (QED) is 0.571. The summed E-state index contributed by atoms with van der Waals surface area (Å²) < 4.78 is 38.9. The van der Waals surface area contributed by atoms with Crippen molar-refractivity contribution >= 4 is 23.0 Å². The summed E-state index contributed by atoms with van der Waals surface area (Å²) in [6.45, 7) is 1.25. The number of hydrogen-bond donors (Lipinski definition) is 0. The second-order valence-electron chi connectivity index (χ2n) is 7.08. The van der Waals surface area contributed by atoms with E-state index in [0.29, 0.717) is 18.8 Å². The monoisotopic (exact) mass is 402 g/mol. The Morgan fingerprint density at radius 2 is 1.45 bits per heavy atom. The van der Waals surface area contributed by atoms with Gasteiger partial charge < -0.3 is 4.90 Å². The third-order valence-corrected chi connectivity index (χ3v) is 5.38. The van der Waals surface area contributed by atoms with Crippen molar-refractivity contribution in [3.63, 3.8) is 0 Å². The lowest BCUT2D eigenvalue weighted by Gasteiger charge is -2.40. The smallest absolute Gasteiger partial charge is 0.369 e. The van der Waals surface area contributed by atoms with Gasteiger partial charge in [-0.2, -0.15) is 13.2 Å². The SMILES string of the molecule is O=C1C(=O)C(N2CCN(c3cccc(C(F)(F)F)c3)CC2)C(=O)c2ccccc21. The Balaban J connectivity index is 1.51. The van der Waals surface area contributed by atoms with Gasteiger partial charge in [-0.25, -0.2) is 0 Å². The van der Waals surface area contributed by atoms with Crippen molar-refractivity contribution in [2.45, 2.75) is 12.2 Å². The summed E-state index contributed by atoms with van der Waals surface area (Å²) in [5, 5.41) is 0. The predicted octanol–water partition coefficient (Wildman–Crippen LogP) is 2.84. The zero-order valence-corrected chi connectivity index (χ0v) is 15.3. The molecule has 1 saturated heterocycles. The molecule has 8 heteroatoms. The second kappa shape index (κ2) is 7.11. The Labute approximate surface area is 164 Å². The summed E-state index contributed by atoms with van der Waals surface area (Å²) in [4.78, 5) is 41.2. The molecule has 2 aromatic rings. The molecule has 0 radical (unpaired) electrons. The van der Waals surface area contributed by atoms with Gasteiger partial charge in [0.2, 0.25) is 11.6 Å². The van der Waals surface area contributed by atoms with Gasteiger partial charge in [-0.15, -0.1) is 0 Å². The lowest BCUT2D eigenvalue weighted by atomic mass is 9.84. The maximum absolute atomic E-state index is 13.0.